The number of carbonyl (C=O) groups is 1. The summed E-state index contributed by atoms with van der Waals surface area (Å²) < 4.78 is 5.39. The van der Waals surface area contributed by atoms with Crippen LogP contribution < -0.4 is 0 Å². The third-order valence-electron chi connectivity index (χ3n) is 2.86. The molecule has 1 aliphatic heterocycles. The minimum Gasteiger partial charge on any atom is -0.481 e. The van der Waals surface area contributed by atoms with Gasteiger partial charge in [0.1, 0.15) is 0 Å². The van der Waals surface area contributed by atoms with Gasteiger partial charge in [0.2, 0.25) is 0 Å². The number of likely N-dealkylation sites (tertiary alicyclic amines) is 1. The van der Waals surface area contributed by atoms with Gasteiger partial charge >= 0.3 is 5.97 Å². The zero-order valence-corrected chi connectivity index (χ0v) is 9.61. The molecule has 1 heterocycles. The smallest absolute Gasteiger partial charge is 0.305 e. The zero-order chi connectivity index (χ0) is 11.3. The molecule has 0 bridgehead atoms. The predicted molar refractivity (Wildman–Crippen MR) is 57.9 cm³/mol. The van der Waals surface area contributed by atoms with Gasteiger partial charge in [-0.15, -0.1) is 0 Å². The van der Waals surface area contributed by atoms with Gasteiger partial charge in [0.05, 0.1) is 19.6 Å². The van der Waals surface area contributed by atoms with Crippen LogP contribution >= 0.6 is 0 Å². The van der Waals surface area contributed by atoms with Gasteiger partial charge in [0.15, 0.2) is 0 Å². The molecule has 0 spiro atoms. The van der Waals surface area contributed by atoms with Gasteiger partial charge in [0, 0.05) is 12.1 Å². The third kappa shape index (κ3) is 4.18. The summed E-state index contributed by atoms with van der Waals surface area (Å²) >= 11 is 0. The van der Waals surface area contributed by atoms with Crippen LogP contribution in [0.4, 0.5) is 0 Å². The molecule has 4 nitrogen and oxygen atoms in total. The van der Waals surface area contributed by atoms with Crippen LogP contribution in [0, 0.1) is 0 Å². The Morgan fingerprint density at radius 1 is 1.60 bits per heavy atom. The summed E-state index contributed by atoms with van der Waals surface area (Å²) in [4.78, 5) is 12.7. The maximum absolute atomic E-state index is 10.3. The second-order valence-electron chi connectivity index (χ2n) is 4.35. The number of hydrogen-bond donors (Lipinski definition) is 1. The lowest BCUT2D eigenvalue weighted by molar-refractivity contribution is -0.138. The van der Waals surface area contributed by atoms with Crippen molar-refractivity contribution in [3.8, 4) is 0 Å². The van der Waals surface area contributed by atoms with E-state index < -0.39 is 5.97 Å². The van der Waals surface area contributed by atoms with Crippen LogP contribution in [0.3, 0.4) is 0 Å². The SMILES string of the molecule is CC(C)N1CCC[C@H]1COCCC(=O)O. The molecule has 1 atom stereocenters. The highest BCUT2D eigenvalue weighted by atomic mass is 16.5. The number of carboxylic acid groups (broad SMARTS) is 1. The molecule has 1 aliphatic rings. The van der Waals surface area contributed by atoms with Crippen molar-refractivity contribution in [3.05, 3.63) is 0 Å². The number of ether oxygens (including phenoxy) is 1. The first-order chi connectivity index (χ1) is 7.11. The van der Waals surface area contributed by atoms with Crippen molar-refractivity contribution < 1.29 is 14.6 Å². The number of rotatable bonds is 6. The molecule has 15 heavy (non-hydrogen) atoms. The summed E-state index contributed by atoms with van der Waals surface area (Å²) in [6.07, 6.45) is 2.50. The van der Waals surface area contributed by atoms with E-state index in [-0.39, 0.29) is 6.42 Å². The first kappa shape index (κ1) is 12.5. The van der Waals surface area contributed by atoms with E-state index in [0.717, 1.165) is 6.54 Å². The van der Waals surface area contributed by atoms with E-state index in [9.17, 15) is 4.79 Å². The fraction of sp³-hybridized carbons (Fsp3) is 0.909. The summed E-state index contributed by atoms with van der Waals surface area (Å²) in [6.45, 7) is 6.53. The van der Waals surface area contributed by atoms with Gasteiger partial charge in [0.25, 0.3) is 0 Å². The van der Waals surface area contributed by atoms with Crippen LogP contribution in [-0.2, 0) is 9.53 Å². The molecule has 4 heteroatoms. The minimum atomic E-state index is -0.790. The fourth-order valence-corrected chi connectivity index (χ4v) is 2.10. The zero-order valence-electron chi connectivity index (χ0n) is 9.61. The van der Waals surface area contributed by atoms with E-state index in [1.165, 1.54) is 12.8 Å². The Balaban J connectivity index is 2.17. The Bertz CT molecular complexity index is 206. The van der Waals surface area contributed by atoms with E-state index in [2.05, 4.69) is 18.7 Å². The number of hydrogen-bond acceptors (Lipinski definition) is 3. The summed E-state index contributed by atoms with van der Waals surface area (Å²) in [5.74, 6) is -0.790. The maximum atomic E-state index is 10.3. The number of nitrogens with zero attached hydrogens (tertiary/aromatic N) is 1. The molecule has 88 valence electrons. The molecule has 1 saturated heterocycles. The molecule has 0 aromatic rings. The highest BCUT2D eigenvalue weighted by molar-refractivity contribution is 5.66. The van der Waals surface area contributed by atoms with Crippen LogP contribution in [0.1, 0.15) is 33.1 Å². The van der Waals surface area contributed by atoms with Crippen molar-refractivity contribution in [3.63, 3.8) is 0 Å². The van der Waals surface area contributed by atoms with Crippen LogP contribution in [0.25, 0.3) is 0 Å². The summed E-state index contributed by atoms with van der Waals surface area (Å²) in [6, 6.07) is 1.04. The van der Waals surface area contributed by atoms with Crippen LogP contribution in [0.5, 0.6) is 0 Å². The summed E-state index contributed by atoms with van der Waals surface area (Å²) in [7, 11) is 0. The Hall–Kier alpha value is -0.610. The van der Waals surface area contributed by atoms with Crippen LogP contribution in [0.2, 0.25) is 0 Å². The normalized spacial score (nSPS) is 22.5. The fourth-order valence-electron chi connectivity index (χ4n) is 2.10. The van der Waals surface area contributed by atoms with Crippen LogP contribution in [0.15, 0.2) is 0 Å². The summed E-state index contributed by atoms with van der Waals surface area (Å²) in [5.41, 5.74) is 0. The Labute approximate surface area is 91.2 Å². The number of carboxylic acids is 1. The quantitative estimate of drug-likeness (QED) is 0.679. The van der Waals surface area contributed by atoms with Crippen molar-refractivity contribution in [2.75, 3.05) is 19.8 Å². The second kappa shape index (κ2) is 6.08. The minimum absolute atomic E-state index is 0.106. The van der Waals surface area contributed by atoms with E-state index in [1.54, 1.807) is 0 Å². The molecule has 0 amide bonds. The monoisotopic (exact) mass is 215 g/mol. The molecule has 1 rings (SSSR count). The van der Waals surface area contributed by atoms with Crippen LogP contribution in [-0.4, -0.2) is 47.8 Å². The lowest BCUT2D eigenvalue weighted by atomic mass is 10.2. The molecule has 1 fully saturated rings. The highest BCUT2D eigenvalue weighted by Gasteiger charge is 2.26. The van der Waals surface area contributed by atoms with Gasteiger partial charge in [-0.3, -0.25) is 9.69 Å². The van der Waals surface area contributed by atoms with E-state index in [4.69, 9.17) is 9.84 Å². The molecule has 1 N–H and O–H groups in total. The molecule has 0 unspecified atom stereocenters. The Kier molecular flexibility index (Phi) is 5.05. The molecule has 0 aromatic heterocycles. The lowest BCUT2D eigenvalue weighted by Crippen LogP contribution is -2.38. The average molecular weight is 215 g/mol. The average Bonchev–Trinajstić information content (AvgIpc) is 2.60. The molecule has 0 aromatic carbocycles. The van der Waals surface area contributed by atoms with Crippen molar-refractivity contribution in [1.82, 2.24) is 4.90 Å². The Morgan fingerprint density at radius 3 is 2.93 bits per heavy atom. The molecule has 0 saturated carbocycles. The largest absolute Gasteiger partial charge is 0.481 e. The van der Waals surface area contributed by atoms with Gasteiger partial charge in [-0.25, -0.2) is 0 Å². The predicted octanol–water partition coefficient (Wildman–Crippen LogP) is 1.35. The van der Waals surface area contributed by atoms with Crippen molar-refractivity contribution >= 4 is 5.97 Å². The third-order valence-corrected chi connectivity index (χ3v) is 2.86. The van der Waals surface area contributed by atoms with Crippen molar-refractivity contribution in [2.45, 2.75) is 45.2 Å². The maximum Gasteiger partial charge on any atom is 0.305 e. The van der Waals surface area contributed by atoms with Gasteiger partial charge < -0.3 is 9.84 Å². The van der Waals surface area contributed by atoms with Gasteiger partial charge in [-0.05, 0) is 33.2 Å². The number of aliphatic carboxylic acids is 1. The first-order valence-corrected chi connectivity index (χ1v) is 5.66. The Morgan fingerprint density at radius 2 is 2.33 bits per heavy atom. The van der Waals surface area contributed by atoms with Crippen molar-refractivity contribution in [2.24, 2.45) is 0 Å². The molecule has 0 radical (unpaired) electrons. The summed E-state index contributed by atoms with van der Waals surface area (Å²) in [5, 5.41) is 8.46. The van der Waals surface area contributed by atoms with E-state index in [1.807, 2.05) is 0 Å². The van der Waals surface area contributed by atoms with E-state index in [0.29, 0.717) is 25.3 Å². The topological polar surface area (TPSA) is 49.8 Å². The highest BCUT2D eigenvalue weighted by Crippen LogP contribution is 2.19. The first-order valence-electron chi connectivity index (χ1n) is 5.66. The lowest BCUT2D eigenvalue weighted by Gasteiger charge is -2.27. The van der Waals surface area contributed by atoms with Gasteiger partial charge in [-0.2, -0.15) is 0 Å². The van der Waals surface area contributed by atoms with Gasteiger partial charge in [-0.1, -0.05) is 0 Å². The molecular weight excluding hydrogens is 194 g/mol. The van der Waals surface area contributed by atoms with E-state index >= 15 is 0 Å². The second-order valence-corrected chi connectivity index (χ2v) is 4.35. The molecule has 0 aliphatic carbocycles. The molecular formula is C11H21NO3. The van der Waals surface area contributed by atoms with Crippen molar-refractivity contribution in [1.29, 1.82) is 0 Å². The standard InChI is InChI=1S/C11H21NO3/c1-9(2)12-6-3-4-10(12)8-15-7-5-11(13)14/h9-10H,3-8H2,1-2H3,(H,13,14)/t10-/m0/s1.